The minimum Gasteiger partial charge on any atom is -0.428 e. The topological polar surface area (TPSA) is 61.8 Å². The van der Waals surface area contributed by atoms with Gasteiger partial charge in [-0.1, -0.05) is 0 Å². The summed E-state index contributed by atoms with van der Waals surface area (Å²) in [5, 5.41) is 0. The van der Waals surface area contributed by atoms with Crippen molar-refractivity contribution in [2.24, 2.45) is 0 Å². The zero-order valence-electron chi connectivity index (χ0n) is 9.20. The zero-order chi connectivity index (χ0) is 11.6. The van der Waals surface area contributed by atoms with Gasteiger partial charge >= 0.3 is 12.1 Å². The summed E-state index contributed by atoms with van der Waals surface area (Å²) < 4.78 is 14.3. The molecular weight excluding hydrogens is 200 g/mol. The summed E-state index contributed by atoms with van der Waals surface area (Å²) in [5.74, 6) is -0.483. The summed E-state index contributed by atoms with van der Waals surface area (Å²) in [4.78, 5) is 22.1. The predicted octanol–water partition coefficient (Wildman–Crippen LogP) is 1.77. The summed E-state index contributed by atoms with van der Waals surface area (Å²) >= 11 is 0. The Balaban J connectivity index is 2.44. The highest BCUT2D eigenvalue weighted by Gasteiger charge is 2.27. The average Bonchev–Trinajstić information content (AvgIpc) is 2.26. The number of hydrogen-bond acceptors (Lipinski definition) is 5. The van der Waals surface area contributed by atoms with Crippen LogP contribution >= 0.6 is 0 Å². The molecule has 1 atom stereocenters. The zero-order valence-corrected chi connectivity index (χ0v) is 9.20. The van der Waals surface area contributed by atoms with Gasteiger partial charge in [0.2, 0.25) is 0 Å². The SMILES string of the molecule is CC1=C[C@H](OC(=O)OC(C)(C)C)OC1=O. The molecule has 15 heavy (non-hydrogen) atoms. The third kappa shape index (κ3) is 3.61. The van der Waals surface area contributed by atoms with Gasteiger partial charge in [-0.15, -0.1) is 0 Å². The highest BCUT2D eigenvalue weighted by Crippen LogP contribution is 2.16. The maximum absolute atomic E-state index is 11.2. The van der Waals surface area contributed by atoms with E-state index in [9.17, 15) is 9.59 Å². The van der Waals surface area contributed by atoms with Crippen LogP contribution in [0.5, 0.6) is 0 Å². The van der Waals surface area contributed by atoms with Crippen molar-refractivity contribution in [1.29, 1.82) is 0 Å². The van der Waals surface area contributed by atoms with Crippen molar-refractivity contribution in [2.45, 2.75) is 39.6 Å². The minimum absolute atomic E-state index is 0.420. The van der Waals surface area contributed by atoms with Gasteiger partial charge in [0.15, 0.2) is 0 Å². The Hall–Kier alpha value is -1.52. The van der Waals surface area contributed by atoms with Gasteiger partial charge in [0, 0.05) is 11.6 Å². The van der Waals surface area contributed by atoms with Crippen LogP contribution in [0, 0.1) is 0 Å². The second kappa shape index (κ2) is 3.92. The molecule has 1 heterocycles. The first kappa shape index (κ1) is 11.6. The number of hydrogen-bond donors (Lipinski definition) is 0. The van der Waals surface area contributed by atoms with Gasteiger partial charge in [0.25, 0.3) is 6.29 Å². The molecule has 0 spiro atoms. The molecule has 1 rings (SSSR count). The molecule has 0 aromatic rings. The quantitative estimate of drug-likeness (QED) is 0.622. The van der Waals surface area contributed by atoms with E-state index in [-0.39, 0.29) is 0 Å². The number of ether oxygens (including phenoxy) is 3. The molecule has 5 heteroatoms. The van der Waals surface area contributed by atoms with Crippen LogP contribution in [0.3, 0.4) is 0 Å². The Kier molecular flexibility index (Phi) is 3.02. The van der Waals surface area contributed by atoms with Gasteiger partial charge in [0.05, 0.1) is 0 Å². The summed E-state index contributed by atoms with van der Waals surface area (Å²) in [5.41, 5.74) is -0.207. The molecule has 0 saturated heterocycles. The van der Waals surface area contributed by atoms with E-state index in [2.05, 4.69) is 0 Å². The summed E-state index contributed by atoms with van der Waals surface area (Å²) in [6, 6.07) is 0. The van der Waals surface area contributed by atoms with Crippen LogP contribution in [0.2, 0.25) is 0 Å². The molecule has 0 amide bonds. The van der Waals surface area contributed by atoms with Gasteiger partial charge in [-0.2, -0.15) is 0 Å². The van der Waals surface area contributed by atoms with E-state index in [1.807, 2.05) is 0 Å². The van der Waals surface area contributed by atoms with Crippen LogP contribution in [0.4, 0.5) is 4.79 Å². The molecule has 0 unspecified atom stereocenters. The fourth-order valence-corrected chi connectivity index (χ4v) is 0.932. The van der Waals surface area contributed by atoms with Crippen LogP contribution < -0.4 is 0 Å². The lowest BCUT2D eigenvalue weighted by molar-refractivity contribution is -0.155. The number of carbonyl (C=O) groups is 2. The van der Waals surface area contributed by atoms with E-state index in [0.717, 1.165) is 0 Å². The average molecular weight is 214 g/mol. The third-order valence-corrected chi connectivity index (χ3v) is 1.53. The van der Waals surface area contributed by atoms with Crippen LogP contribution in [-0.2, 0) is 19.0 Å². The Morgan fingerprint density at radius 2 is 2.07 bits per heavy atom. The van der Waals surface area contributed by atoms with E-state index in [4.69, 9.17) is 14.2 Å². The highest BCUT2D eigenvalue weighted by atomic mass is 16.8. The molecular formula is C10H14O5. The second-order valence-corrected chi connectivity index (χ2v) is 4.21. The van der Waals surface area contributed by atoms with Crippen molar-refractivity contribution in [3.05, 3.63) is 11.6 Å². The van der Waals surface area contributed by atoms with Crippen molar-refractivity contribution < 1.29 is 23.8 Å². The molecule has 0 aromatic carbocycles. The number of rotatable bonds is 1. The van der Waals surface area contributed by atoms with Gasteiger partial charge in [-0.25, -0.2) is 9.59 Å². The lowest BCUT2D eigenvalue weighted by Crippen LogP contribution is -2.27. The summed E-state index contributed by atoms with van der Waals surface area (Å²) in [6.07, 6.45) is -0.398. The first-order valence-corrected chi connectivity index (χ1v) is 4.57. The van der Waals surface area contributed by atoms with Crippen molar-refractivity contribution in [3.63, 3.8) is 0 Å². The van der Waals surface area contributed by atoms with Crippen LogP contribution in [0.25, 0.3) is 0 Å². The van der Waals surface area contributed by atoms with Gasteiger partial charge in [0.1, 0.15) is 5.60 Å². The molecule has 0 bridgehead atoms. The normalized spacial score (nSPS) is 20.7. The minimum atomic E-state index is -0.965. The summed E-state index contributed by atoms with van der Waals surface area (Å²) in [6.45, 7) is 6.74. The largest absolute Gasteiger partial charge is 0.512 e. The molecule has 0 saturated carbocycles. The maximum Gasteiger partial charge on any atom is 0.512 e. The first-order chi connectivity index (χ1) is 6.78. The molecule has 1 aliphatic heterocycles. The Morgan fingerprint density at radius 3 is 2.47 bits per heavy atom. The Morgan fingerprint density at radius 1 is 1.47 bits per heavy atom. The lowest BCUT2D eigenvalue weighted by Gasteiger charge is -2.19. The second-order valence-electron chi connectivity index (χ2n) is 4.21. The van der Waals surface area contributed by atoms with Crippen molar-refractivity contribution in [3.8, 4) is 0 Å². The van der Waals surface area contributed by atoms with E-state index < -0.39 is 24.0 Å². The smallest absolute Gasteiger partial charge is 0.428 e. The lowest BCUT2D eigenvalue weighted by atomic mass is 10.2. The first-order valence-electron chi connectivity index (χ1n) is 4.57. The predicted molar refractivity (Wildman–Crippen MR) is 51.0 cm³/mol. The highest BCUT2D eigenvalue weighted by molar-refractivity contribution is 5.90. The van der Waals surface area contributed by atoms with Crippen molar-refractivity contribution >= 4 is 12.1 Å². The standard InChI is InChI=1S/C10H14O5/c1-6-5-7(13-8(6)11)14-9(12)15-10(2,3)4/h5,7H,1-4H3/t7-/m0/s1. The molecule has 5 nitrogen and oxygen atoms in total. The van der Waals surface area contributed by atoms with E-state index in [0.29, 0.717) is 5.57 Å². The molecule has 0 aliphatic carbocycles. The number of cyclic esters (lactones) is 1. The third-order valence-electron chi connectivity index (χ3n) is 1.53. The van der Waals surface area contributed by atoms with Crippen LogP contribution in [-0.4, -0.2) is 24.0 Å². The monoisotopic (exact) mass is 214 g/mol. The van der Waals surface area contributed by atoms with Crippen LogP contribution in [0.1, 0.15) is 27.7 Å². The fourth-order valence-electron chi connectivity index (χ4n) is 0.932. The summed E-state index contributed by atoms with van der Waals surface area (Å²) in [7, 11) is 0. The molecule has 1 aliphatic rings. The van der Waals surface area contributed by atoms with E-state index >= 15 is 0 Å². The van der Waals surface area contributed by atoms with Gasteiger partial charge in [-0.3, -0.25) is 0 Å². The number of carbonyl (C=O) groups excluding carboxylic acids is 2. The van der Waals surface area contributed by atoms with Crippen molar-refractivity contribution in [2.75, 3.05) is 0 Å². The molecule has 0 fully saturated rings. The molecule has 0 radical (unpaired) electrons. The van der Waals surface area contributed by atoms with Crippen molar-refractivity contribution in [1.82, 2.24) is 0 Å². The Labute approximate surface area is 88.0 Å². The molecule has 84 valence electrons. The fraction of sp³-hybridized carbons (Fsp3) is 0.600. The molecule has 0 aromatic heterocycles. The van der Waals surface area contributed by atoms with Crippen LogP contribution in [0.15, 0.2) is 11.6 Å². The molecule has 0 N–H and O–H groups in total. The maximum atomic E-state index is 11.2. The van der Waals surface area contributed by atoms with Gasteiger partial charge in [-0.05, 0) is 27.7 Å². The van der Waals surface area contributed by atoms with Gasteiger partial charge < -0.3 is 14.2 Å². The van der Waals surface area contributed by atoms with E-state index in [1.165, 1.54) is 6.08 Å². The van der Waals surface area contributed by atoms with E-state index in [1.54, 1.807) is 27.7 Å². The Bertz CT molecular complexity index is 310. The number of esters is 1.